The third-order valence-corrected chi connectivity index (χ3v) is 7.69. The first-order chi connectivity index (χ1) is 16.8. The van der Waals surface area contributed by atoms with Gasteiger partial charge in [-0.3, -0.25) is 4.79 Å². The lowest BCUT2D eigenvalue weighted by molar-refractivity contribution is -0.136. The Hall–Kier alpha value is -3.66. The molecule has 1 fully saturated rings. The average Bonchev–Trinajstić information content (AvgIpc) is 3.47. The first-order valence-corrected chi connectivity index (χ1v) is 13.1. The predicted molar refractivity (Wildman–Crippen MR) is 130 cm³/mol. The minimum Gasteiger partial charge on any atom is -0.497 e. The molecule has 0 aliphatic carbocycles. The zero-order valence-electron chi connectivity index (χ0n) is 19.6. The lowest BCUT2D eigenvalue weighted by atomic mass is 10.1. The van der Waals surface area contributed by atoms with Gasteiger partial charge in [0.05, 0.1) is 24.3 Å². The molecule has 184 valence electrons. The van der Waals surface area contributed by atoms with Crippen molar-refractivity contribution in [3.05, 3.63) is 66.4 Å². The molecular formula is C25H27N3O6S. The summed E-state index contributed by atoms with van der Waals surface area (Å²) in [4.78, 5) is 27.4. The number of rotatable bonds is 8. The van der Waals surface area contributed by atoms with Crippen LogP contribution in [-0.2, 0) is 19.4 Å². The summed E-state index contributed by atoms with van der Waals surface area (Å²) in [6.07, 6.45) is 1.96. The molecule has 2 heterocycles. The molecule has 0 radical (unpaired) electrons. The summed E-state index contributed by atoms with van der Waals surface area (Å²) in [7, 11) is -1.59. The van der Waals surface area contributed by atoms with Gasteiger partial charge in [-0.1, -0.05) is 30.3 Å². The van der Waals surface area contributed by atoms with E-state index in [2.05, 4.69) is 5.10 Å². The van der Waals surface area contributed by atoms with Crippen LogP contribution in [0, 0.1) is 0 Å². The number of esters is 1. The van der Waals surface area contributed by atoms with Crippen LogP contribution in [0.3, 0.4) is 0 Å². The van der Waals surface area contributed by atoms with Crippen LogP contribution < -0.4 is 4.74 Å². The highest BCUT2D eigenvalue weighted by Crippen LogP contribution is 2.27. The maximum Gasteiger partial charge on any atom is 0.342 e. The molecule has 0 spiro atoms. The van der Waals surface area contributed by atoms with E-state index in [1.165, 1.54) is 4.90 Å². The van der Waals surface area contributed by atoms with Gasteiger partial charge in [0.15, 0.2) is 16.4 Å². The van der Waals surface area contributed by atoms with E-state index in [0.29, 0.717) is 30.0 Å². The minimum absolute atomic E-state index is 0.0593. The van der Waals surface area contributed by atoms with Crippen molar-refractivity contribution in [1.82, 2.24) is 14.7 Å². The largest absolute Gasteiger partial charge is 0.497 e. The first kappa shape index (κ1) is 24.5. The Morgan fingerprint density at radius 3 is 2.57 bits per heavy atom. The zero-order valence-corrected chi connectivity index (χ0v) is 20.4. The maximum atomic E-state index is 13.1. The molecule has 1 unspecified atom stereocenters. The van der Waals surface area contributed by atoms with Gasteiger partial charge >= 0.3 is 5.97 Å². The van der Waals surface area contributed by atoms with Crippen molar-refractivity contribution in [3.8, 4) is 22.7 Å². The predicted octanol–water partition coefficient (Wildman–Crippen LogP) is 2.74. The van der Waals surface area contributed by atoms with Crippen LogP contribution in [0.5, 0.6) is 5.75 Å². The second-order valence-electron chi connectivity index (χ2n) is 8.22. The molecule has 0 bridgehead atoms. The summed E-state index contributed by atoms with van der Waals surface area (Å²) in [5, 5.41) is 4.60. The molecule has 4 rings (SSSR count). The van der Waals surface area contributed by atoms with Gasteiger partial charge in [-0.2, -0.15) is 5.10 Å². The minimum atomic E-state index is -3.15. The quantitative estimate of drug-likeness (QED) is 0.440. The van der Waals surface area contributed by atoms with Crippen molar-refractivity contribution in [3.63, 3.8) is 0 Å². The number of para-hydroxylation sites is 1. The lowest BCUT2D eigenvalue weighted by Crippen LogP contribution is -2.43. The number of amides is 1. The molecule has 1 atom stereocenters. The molecule has 1 aliphatic heterocycles. The fourth-order valence-electron chi connectivity index (χ4n) is 4.17. The topological polar surface area (TPSA) is 108 Å². The second kappa shape index (κ2) is 10.3. The third-order valence-electron chi connectivity index (χ3n) is 5.94. The van der Waals surface area contributed by atoms with E-state index in [4.69, 9.17) is 9.47 Å². The van der Waals surface area contributed by atoms with Gasteiger partial charge in [0.25, 0.3) is 5.91 Å². The molecule has 0 saturated carbocycles. The van der Waals surface area contributed by atoms with E-state index in [0.717, 1.165) is 5.69 Å². The molecule has 9 nitrogen and oxygen atoms in total. The van der Waals surface area contributed by atoms with Crippen LogP contribution in [0.25, 0.3) is 16.9 Å². The van der Waals surface area contributed by atoms with Gasteiger partial charge in [-0.25, -0.2) is 17.9 Å². The zero-order chi connectivity index (χ0) is 25.0. The van der Waals surface area contributed by atoms with Crippen LogP contribution in [-0.4, -0.2) is 72.8 Å². The van der Waals surface area contributed by atoms with Crippen LogP contribution in [0.4, 0.5) is 0 Å². The number of aromatic nitrogens is 2. The van der Waals surface area contributed by atoms with Crippen molar-refractivity contribution in [1.29, 1.82) is 0 Å². The number of nitrogens with zero attached hydrogens (tertiary/aromatic N) is 3. The molecular weight excluding hydrogens is 470 g/mol. The standard InChI is InChI=1S/C25H27N3O6S/c1-3-27(20-12-13-35(31,32)17-20)23(29)16-34-25(30)22-15-28(19-9-5-4-6-10-19)26-24(22)18-8-7-11-21(14-18)33-2/h4-11,14-15,20H,3,12-13,16-17H2,1-2H3. The van der Waals surface area contributed by atoms with Gasteiger partial charge in [-0.05, 0) is 37.6 Å². The number of sulfone groups is 1. The van der Waals surface area contributed by atoms with E-state index in [1.807, 2.05) is 36.4 Å². The van der Waals surface area contributed by atoms with Gasteiger partial charge < -0.3 is 14.4 Å². The molecule has 1 saturated heterocycles. The Morgan fingerprint density at radius 1 is 1.14 bits per heavy atom. The molecule has 35 heavy (non-hydrogen) atoms. The van der Waals surface area contributed by atoms with E-state index < -0.39 is 34.4 Å². The summed E-state index contributed by atoms with van der Waals surface area (Å²) in [6, 6.07) is 16.1. The number of carbonyl (C=O) groups is 2. The van der Waals surface area contributed by atoms with Gasteiger partial charge in [0.2, 0.25) is 0 Å². The van der Waals surface area contributed by atoms with E-state index in [-0.39, 0.29) is 17.1 Å². The molecule has 3 aromatic rings. The summed E-state index contributed by atoms with van der Waals surface area (Å²) < 4.78 is 35.9. The van der Waals surface area contributed by atoms with Gasteiger partial charge in [0.1, 0.15) is 17.0 Å². The summed E-state index contributed by atoms with van der Waals surface area (Å²) >= 11 is 0. The van der Waals surface area contributed by atoms with E-state index in [1.54, 1.807) is 43.1 Å². The molecule has 1 aromatic heterocycles. The van der Waals surface area contributed by atoms with Crippen LogP contribution in [0.2, 0.25) is 0 Å². The first-order valence-electron chi connectivity index (χ1n) is 11.3. The van der Waals surface area contributed by atoms with Crippen molar-refractivity contribution >= 4 is 21.7 Å². The monoisotopic (exact) mass is 497 g/mol. The Balaban J connectivity index is 1.57. The Morgan fingerprint density at radius 2 is 1.91 bits per heavy atom. The Labute approximate surface area is 204 Å². The van der Waals surface area contributed by atoms with Crippen LogP contribution in [0.1, 0.15) is 23.7 Å². The fourth-order valence-corrected chi connectivity index (χ4v) is 5.90. The van der Waals surface area contributed by atoms with Crippen molar-refractivity contribution in [2.24, 2.45) is 0 Å². The molecule has 1 aliphatic rings. The summed E-state index contributed by atoms with van der Waals surface area (Å²) in [6.45, 7) is 1.62. The highest BCUT2D eigenvalue weighted by Gasteiger charge is 2.34. The highest BCUT2D eigenvalue weighted by atomic mass is 32.2. The number of methoxy groups -OCH3 is 1. The summed E-state index contributed by atoms with van der Waals surface area (Å²) in [5.41, 5.74) is 2.00. The molecule has 10 heteroatoms. The smallest absolute Gasteiger partial charge is 0.342 e. The Bertz CT molecular complexity index is 1320. The number of hydrogen-bond donors (Lipinski definition) is 0. The number of carbonyl (C=O) groups excluding carboxylic acids is 2. The van der Waals surface area contributed by atoms with Gasteiger partial charge in [0, 0.05) is 24.3 Å². The maximum absolute atomic E-state index is 13.1. The van der Waals surface area contributed by atoms with Gasteiger partial charge in [-0.15, -0.1) is 0 Å². The normalized spacial score (nSPS) is 16.6. The number of likely N-dealkylation sites (N-methyl/N-ethyl adjacent to an activating group) is 1. The van der Waals surface area contributed by atoms with E-state index >= 15 is 0 Å². The number of ether oxygens (including phenoxy) is 2. The average molecular weight is 498 g/mol. The lowest BCUT2D eigenvalue weighted by Gasteiger charge is -2.26. The number of benzene rings is 2. The molecule has 0 N–H and O–H groups in total. The third kappa shape index (κ3) is 5.54. The van der Waals surface area contributed by atoms with Crippen molar-refractivity contribution < 1.29 is 27.5 Å². The summed E-state index contributed by atoms with van der Waals surface area (Å²) in [5.74, 6) is -0.528. The van der Waals surface area contributed by atoms with Crippen molar-refractivity contribution in [2.75, 3.05) is 31.8 Å². The molecule has 1 amide bonds. The molecule has 2 aromatic carbocycles. The van der Waals surface area contributed by atoms with E-state index in [9.17, 15) is 18.0 Å². The number of hydrogen-bond acceptors (Lipinski definition) is 7. The SMILES string of the molecule is CCN(C(=O)COC(=O)c1cn(-c2ccccc2)nc1-c1cccc(OC)c1)C1CCS(=O)(=O)C1. The second-order valence-corrected chi connectivity index (χ2v) is 10.4. The van der Waals surface area contributed by atoms with Crippen LogP contribution >= 0.6 is 0 Å². The highest BCUT2D eigenvalue weighted by molar-refractivity contribution is 7.91. The van der Waals surface area contributed by atoms with Crippen LogP contribution in [0.15, 0.2) is 60.8 Å². The Kier molecular flexibility index (Phi) is 7.20. The fraction of sp³-hybridized carbons (Fsp3) is 0.320. The van der Waals surface area contributed by atoms with Crippen molar-refractivity contribution in [2.45, 2.75) is 19.4 Å².